The molecule has 1 aromatic rings. The molecule has 0 saturated heterocycles. The molecule has 0 spiro atoms. The molecule has 3 rings (SSSR count). The van der Waals surface area contributed by atoms with Crippen molar-refractivity contribution in [2.45, 2.75) is 18.9 Å². The lowest BCUT2D eigenvalue weighted by Gasteiger charge is -2.12. The Kier molecular flexibility index (Phi) is 3.18. The number of carbonyl (C=O) groups excluding carboxylic acids is 1. The fourth-order valence-corrected chi connectivity index (χ4v) is 2.57. The van der Waals surface area contributed by atoms with Crippen LogP contribution in [0.3, 0.4) is 0 Å². The standard InChI is InChI=1S/C15H15NO4/c17-14(16-12-3-1-11(8-12)15(18)19)10-2-4-13-9(7-10)5-6-20-13/h1-4,7,11-12H,5-6,8H2,(H,16,17)(H,18,19). The SMILES string of the molecule is O=C(NC1C=CC(C(=O)O)C1)c1ccc2c(c1)CCO2. The normalized spacial score (nSPS) is 23.2. The Bertz CT molecular complexity index is 594. The van der Waals surface area contributed by atoms with Crippen LogP contribution in [0.25, 0.3) is 0 Å². The predicted molar refractivity (Wildman–Crippen MR) is 71.8 cm³/mol. The van der Waals surface area contributed by atoms with Gasteiger partial charge in [-0.05, 0) is 30.2 Å². The summed E-state index contributed by atoms with van der Waals surface area (Å²) in [6, 6.07) is 5.16. The molecule has 2 unspecified atom stereocenters. The highest BCUT2D eigenvalue weighted by atomic mass is 16.5. The monoisotopic (exact) mass is 273 g/mol. The molecule has 0 bridgehead atoms. The Morgan fingerprint density at radius 1 is 1.30 bits per heavy atom. The Morgan fingerprint density at radius 3 is 2.90 bits per heavy atom. The van der Waals surface area contributed by atoms with E-state index >= 15 is 0 Å². The molecular formula is C15H15NO4. The minimum Gasteiger partial charge on any atom is -0.493 e. The lowest BCUT2D eigenvalue weighted by molar-refractivity contribution is -0.140. The van der Waals surface area contributed by atoms with Gasteiger partial charge in [0.25, 0.3) is 5.91 Å². The number of aliphatic carboxylic acids is 1. The zero-order chi connectivity index (χ0) is 14.1. The van der Waals surface area contributed by atoms with Crippen LogP contribution in [0.5, 0.6) is 5.75 Å². The Labute approximate surface area is 116 Å². The molecule has 2 N–H and O–H groups in total. The molecule has 1 aliphatic carbocycles. The summed E-state index contributed by atoms with van der Waals surface area (Å²) in [4.78, 5) is 23.0. The smallest absolute Gasteiger partial charge is 0.310 e. The summed E-state index contributed by atoms with van der Waals surface area (Å²) in [5.41, 5.74) is 1.63. The summed E-state index contributed by atoms with van der Waals surface area (Å²) >= 11 is 0. The van der Waals surface area contributed by atoms with E-state index in [4.69, 9.17) is 9.84 Å². The third-order valence-corrected chi connectivity index (χ3v) is 3.67. The number of ether oxygens (including phenoxy) is 1. The second kappa shape index (κ2) is 5.00. The minimum atomic E-state index is -0.854. The number of carbonyl (C=O) groups is 2. The van der Waals surface area contributed by atoms with Crippen molar-refractivity contribution in [3.8, 4) is 5.75 Å². The molecule has 1 amide bonds. The van der Waals surface area contributed by atoms with Crippen LogP contribution in [0.15, 0.2) is 30.4 Å². The van der Waals surface area contributed by atoms with Gasteiger partial charge < -0.3 is 15.2 Å². The first-order chi connectivity index (χ1) is 9.63. The molecule has 20 heavy (non-hydrogen) atoms. The molecular weight excluding hydrogens is 258 g/mol. The number of carboxylic acids is 1. The predicted octanol–water partition coefficient (Wildman–Crippen LogP) is 1.38. The molecule has 0 radical (unpaired) electrons. The maximum absolute atomic E-state index is 12.1. The number of hydrogen-bond donors (Lipinski definition) is 2. The van der Waals surface area contributed by atoms with Crippen LogP contribution < -0.4 is 10.1 Å². The molecule has 2 aliphatic rings. The third-order valence-electron chi connectivity index (χ3n) is 3.67. The molecule has 1 heterocycles. The van der Waals surface area contributed by atoms with Crippen LogP contribution in [-0.2, 0) is 11.2 Å². The van der Waals surface area contributed by atoms with E-state index in [1.165, 1.54) is 0 Å². The Morgan fingerprint density at radius 2 is 2.15 bits per heavy atom. The molecule has 1 aromatic carbocycles. The number of fused-ring (bicyclic) bond motifs is 1. The van der Waals surface area contributed by atoms with Crippen LogP contribution in [0, 0.1) is 5.92 Å². The summed E-state index contributed by atoms with van der Waals surface area (Å²) in [5, 5.41) is 11.8. The van der Waals surface area contributed by atoms with Crippen molar-refractivity contribution in [1.82, 2.24) is 5.32 Å². The van der Waals surface area contributed by atoms with E-state index in [9.17, 15) is 9.59 Å². The van der Waals surface area contributed by atoms with Gasteiger partial charge in [-0.3, -0.25) is 9.59 Å². The van der Waals surface area contributed by atoms with E-state index in [2.05, 4.69) is 5.32 Å². The van der Waals surface area contributed by atoms with Crippen LogP contribution >= 0.6 is 0 Å². The van der Waals surface area contributed by atoms with Crippen LogP contribution in [-0.4, -0.2) is 29.6 Å². The van der Waals surface area contributed by atoms with Gasteiger partial charge in [0.15, 0.2) is 0 Å². The molecule has 0 fully saturated rings. The van der Waals surface area contributed by atoms with Gasteiger partial charge in [0.05, 0.1) is 12.5 Å². The third kappa shape index (κ3) is 2.39. The van der Waals surface area contributed by atoms with Crippen molar-refractivity contribution >= 4 is 11.9 Å². The van der Waals surface area contributed by atoms with Gasteiger partial charge in [-0.25, -0.2) is 0 Å². The number of amides is 1. The number of carboxylic acid groups (broad SMARTS) is 1. The molecule has 5 nitrogen and oxygen atoms in total. The molecule has 5 heteroatoms. The van der Waals surface area contributed by atoms with Gasteiger partial charge in [0.2, 0.25) is 0 Å². The highest BCUT2D eigenvalue weighted by Gasteiger charge is 2.26. The maximum Gasteiger partial charge on any atom is 0.310 e. The van der Waals surface area contributed by atoms with E-state index in [-0.39, 0.29) is 11.9 Å². The van der Waals surface area contributed by atoms with Gasteiger partial charge >= 0.3 is 5.97 Å². The molecule has 2 atom stereocenters. The van der Waals surface area contributed by atoms with Crippen molar-refractivity contribution in [2.75, 3.05) is 6.61 Å². The Hall–Kier alpha value is -2.30. The molecule has 0 aromatic heterocycles. The molecule has 1 aliphatic heterocycles. The van der Waals surface area contributed by atoms with Crippen molar-refractivity contribution in [2.24, 2.45) is 5.92 Å². The van der Waals surface area contributed by atoms with Gasteiger partial charge in [0.1, 0.15) is 5.75 Å². The van der Waals surface area contributed by atoms with Gasteiger partial charge in [-0.2, -0.15) is 0 Å². The van der Waals surface area contributed by atoms with Gasteiger partial charge in [0, 0.05) is 18.0 Å². The van der Waals surface area contributed by atoms with E-state index in [0.29, 0.717) is 18.6 Å². The first-order valence-corrected chi connectivity index (χ1v) is 6.61. The van der Waals surface area contributed by atoms with Crippen molar-refractivity contribution in [3.63, 3.8) is 0 Å². The number of rotatable bonds is 3. The summed E-state index contributed by atoms with van der Waals surface area (Å²) < 4.78 is 5.40. The maximum atomic E-state index is 12.1. The zero-order valence-corrected chi connectivity index (χ0v) is 10.8. The summed E-state index contributed by atoms with van der Waals surface area (Å²) in [7, 11) is 0. The fourth-order valence-electron chi connectivity index (χ4n) is 2.57. The second-order valence-electron chi connectivity index (χ2n) is 5.07. The summed E-state index contributed by atoms with van der Waals surface area (Å²) in [6.45, 7) is 0.659. The van der Waals surface area contributed by atoms with Crippen LogP contribution in [0.4, 0.5) is 0 Å². The largest absolute Gasteiger partial charge is 0.493 e. The minimum absolute atomic E-state index is 0.180. The molecule has 104 valence electrons. The van der Waals surface area contributed by atoms with Crippen LogP contribution in [0.2, 0.25) is 0 Å². The topological polar surface area (TPSA) is 75.6 Å². The first kappa shape index (κ1) is 12.7. The van der Waals surface area contributed by atoms with Crippen LogP contribution in [0.1, 0.15) is 22.3 Å². The quantitative estimate of drug-likeness (QED) is 0.816. The lowest BCUT2D eigenvalue weighted by Crippen LogP contribution is -2.33. The van der Waals surface area contributed by atoms with E-state index in [1.54, 1.807) is 18.2 Å². The van der Waals surface area contributed by atoms with Crippen molar-refractivity contribution in [3.05, 3.63) is 41.5 Å². The van der Waals surface area contributed by atoms with E-state index in [1.807, 2.05) is 12.1 Å². The average Bonchev–Trinajstić information content (AvgIpc) is 3.05. The number of benzene rings is 1. The van der Waals surface area contributed by atoms with Crippen molar-refractivity contribution < 1.29 is 19.4 Å². The Balaban J connectivity index is 1.66. The second-order valence-corrected chi connectivity index (χ2v) is 5.07. The highest BCUT2D eigenvalue weighted by molar-refractivity contribution is 5.95. The van der Waals surface area contributed by atoms with Gasteiger partial charge in [-0.1, -0.05) is 12.2 Å². The van der Waals surface area contributed by atoms with E-state index < -0.39 is 11.9 Å². The summed E-state index contributed by atoms with van der Waals surface area (Å²) in [5.74, 6) is -0.699. The highest BCUT2D eigenvalue weighted by Crippen LogP contribution is 2.26. The van der Waals surface area contributed by atoms with E-state index in [0.717, 1.165) is 17.7 Å². The first-order valence-electron chi connectivity index (χ1n) is 6.61. The summed E-state index contributed by atoms with van der Waals surface area (Å²) in [6.07, 6.45) is 4.60. The number of nitrogens with one attached hydrogen (secondary N) is 1. The molecule has 0 saturated carbocycles. The lowest BCUT2D eigenvalue weighted by atomic mass is 10.1. The fraction of sp³-hybridized carbons (Fsp3) is 0.333. The van der Waals surface area contributed by atoms with Gasteiger partial charge in [-0.15, -0.1) is 0 Å². The number of hydrogen-bond acceptors (Lipinski definition) is 3. The van der Waals surface area contributed by atoms with Crippen molar-refractivity contribution in [1.29, 1.82) is 0 Å². The average molecular weight is 273 g/mol. The zero-order valence-electron chi connectivity index (χ0n) is 10.8.